The summed E-state index contributed by atoms with van der Waals surface area (Å²) in [4.78, 5) is 154. The molecule has 10 saturated heterocycles. The van der Waals surface area contributed by atoms with Crippen LogP contribution < -0.4 is 0 Å². The highest BCUT2D eigenvalue weighted by molar-refractivity contribution is 8.79. The van der Waals surface area contributed by atoms with E-state index < -0.39 is 200 Å². The van der Waals surface area contributed by atoms with Gasteiger partial charge in [-0.05, 0) is 0 Å². The monoisotopic (exact) mass is 2330 g/mol. The van der Waals surface area contributed by atoms with Crippen LogP contribution in [-0.4, -0.2) is 300 Å². The van der Waals surface area contributed by atoms with Crippen molar-refractivity contribution in [1.82, 2.24) is 0 Å². The summed E-state index contributed by atoms with van der Waals surface area (Å²) in [5.41, 5.74) is 0. The van der Waals surface area contributed by atoms with Crippen molar-refractivity contribution in [2.24, 2.45) is 0 Å². The van der Waals surface area contributed by atoms with Crippen molar-refractivity contribution in [3.63, 3.8) is 0 Å². The fourth-order valence-corrected chi connectivity index (χ4v) is 42.3. The van der Waals surface area contributed by atoms with Gasteiger partial charge < -0.3 is 53.7 Å². The second-order valence-electron chi connectivity index (χ2n) is 24.2. The van der Waals surface area contributed by atoms with Crippen molar-refractivity contribution in [2.45, 2.75) is 122 Å². The van der Waals surface area contributed by atoms with Gasteiger partial charge in [0.05, 0.1) is 6.10 Å². The standard InChI is InChI=1S/C42H76O50P10S20/c1-63-23-3-103-113-13-33(23)75-94(45,46)84-66-25-5-105-115-15-35(25)77-96(49,50)86-68-27-7-107-117-17-37(27)79-98(53,54)88-70-29-9-109-119-19-39(29)81-100(57,58)90-72-31-11-111-121-21-41(31)83-102(61,62)92-73-32-12-112-122-22-42(32)82-101(59,60)91-71-30-10-110-120-20-40(30)80-99(55,56)89-69-28-8-108-118-18-38(28)78-97(51,52)87-67-26-6-106-116-16-36(26)76-95(47,48)85-65-24-4-104-114-14-34(24)74-93(43,44)64-2/h23-42H,3-22H2,1-2H3,(H,43,44)(H,45,46)(H,47,48)(H,49,50)(H,51,52)(H,53,54)(H,55,56)(H,57,58)(H,59,60)(H,61,62). The van der Waals surface area contributed by atoms with Gasteiger partial charge in [-0.15, -0.1) is 42.1 Å². The number of hydrogen-bond donors (Lipinski definition) is 10. The molecule has 0 aromatic rings. The van der Waals surface area contributed by atoms with Crippen LogP contribution in [0.15, 0.2) is 0 Å². The number of hydrogen-bond acceptors (Lipinski definition) is 60. The van der Waals surface area contributed by atoms with Crippen LogP contribution in [0.25, 0.3) is 0 Å². The molecule has 0 aromatic carbocycles. The zero-order valence-electron chi connectivity index (χ0n) is 61.1. The van der Waals surface area contributed by atoms with Crippen molar-refractivity contribution in [1.29, 1.82) is 0 Å². The summed E-state index contributed by atoms with van der Waals surface area (Å²) in [6, 6.07) is 0. The topological polar surface area (TPSA) is 650 Å². The molecule has 10 aliphatic rings. The third-order valence-electron chi connectivity index (χ3n) is 15.2. The average Bonchev–Trinajstić information content (AvgIpc) is 0.833. The van der Waals surface area contributed by atoms with Gasteiger partial charge in [0.2, 0.25) is 0 Å². The van der Waals surface area contributed by atoms with Gasteiger partial charge in [0.1, 0.15) is 116 Å². The molecule has 80 heteroatoms. The molecule has 0 aliphatic carbocycles. The van der Waals surface area contributed by atoms with Crippen molar-refractivity contribution in [2.75, 3.05) is 129 Å². The Morgan fingerprint density at radius 1 is 0.164 bits per heavy atom. The van der Waals surface area contributed by atoms with Crippen molar-refractivity contribution >= 4 is 294 Å². The highest BCUT2D eigenvalue weighted by Gasteiger charge is 2.51. The molecule has 10 aliphatic heterocycles. The van der Waals surface area contributed by atoms with E-state index in [-0.39, 0.29) is 104 Å². The lowest BCUT2D eigenvalue weighted by Gasteiger charge is -2.33. The molecule has 0 bridgehead atoms. The zero-order valence-corrected chi connectivity index (χ0v) is 86.4. The molecule has 0 saturated carbocycles. The van der Waals surface area contributed by atoms with Gasteiger partial charge in [0, 0.05) is 129 Å². The fourth-order valence-electron chi connectivity index (χ4n) is 9.36. The molecule has 10 N–H and O–H groups in total. The molecule has 714 valence electrons. The number of rotatable bonds is 49. The summed E-state index contributed by atoms with van der Waals surface area (Å²) in [5.74, 6) is -0.324. The second kappa shape index (κ2) is 53.7. The van der Waals surface area contributed by atoms with E-state index in [0.717, 1.165) is 126 Å². The van der Waals surface area contributed by atoms with Gasteiger partial charge in [-0.1, -0.05) is 216 Å². The molecule has 0 amide bonds. The van der Waals surface area contributed by atoms with E-state index in [0.29, 0.717) is 11.5 Å². The highest BCUT2D eigenvalue weighted by atomic mass is 33.1. The molecule has 30 atom stereocenters. The summed E-state index contributed by atoms with van der Waals surface area (Å²) in [6.45, 7) is 0. The third-order valence-corrected chi connectivity index (χ3v) is 47.6. The predicted octanol–water partition coefficient (Wildman–Crippen LogP) is 12.3. The smallest absolute Gasteiger partial charge is 0.378 e. The Hall–Kier alpha value is 7.70. The molecular formula is C42H76O50P10S20. The Kier molecular flexibility index (Phi) is 49.2. The first-order valence-electron chi connectivity index (χ1n) is 33.4. The quantitative estimate of drug-likeness (QED) is 0.0117. The van der Waals surface area contributed by atoms with E-state index >= 15 is 0 Å². The van der Waals surface area contributed by atoms with Crippen LogP contribution in [0.2, 0.25) is 0 Å². The normalized spacial score (nSPS) is 36.9. The molecule has 10 fully saturated rings. The van der Waals surface area contributed by atoms with Crippen LogP contribution in [0, 0.1) is 0 Å². The number of methoxy groups -OCH3 is 1. The van der Waals surface area contributed by atoms with E-state index in [1.165, 1.54) is 104 Å². The Morgan fingerprint density at radius 3 is 0.377 bits per heavy atom. The first kappa shape index (κ1) is 112. The van der Waals surface area contributed by atoms with E-state index in [1.807, 2.05) is 0 Å². The summed E-state index contributed by atoms with van der Waals surface area (Å²) in [5, 5.41) is 0. The summed E-state index contributed by atoms with van der Waals surface area (Å²) < 4.78 is 238. The highest BCUT2D eigenvalue weighted by Crippen LogP contribution is 2.60. The Bertz CT molecular complexity index is 3720. The minimum absolute atomic E-state index is 0.000692. The maximum Gasteiger partial charge on any atom is 0.499 e. The van der Waals surface area contributed by atoms with E-state index in [1.54, 1.807) is 0 Å². The fraction of sp³-hybridized carbons (Fsp3) is 1.00. The first-order chi connectivity index (χ1) is 57.6. The van der Waals surface area contributed by atoms with E-state index in [9.17, 15) is 94.6 Å². The van der Waals surface area contributed by atoms with Crippen LogP contribution in [0.5, 0.6) is 0 Å². The third kappa shape index (κ3) is 39.9. The number of phosphoric ester groups is 10. The van der Waals surface area contributed by atoms with Crippen LogP contribution in [-0.2, 0) is 186 Å². The lowest BCUT2D eigenvalue weighted by Crippen LogP contribution is -2.40. The van der Waals surface area contributed by atoms with Crippen molar-refractivity contribution in [3.05, 3.63) is 0 Å². The van der Waals surface area contributed by atoms with Gasteiger partial charge in [0.25, 0.3) is 0 Å². The van der Waals surface area contributed by atoms with Gasteiger partial charge in [-0.25, -0.2) is 89.6 Å². The maximum atomic E-state index is 13.5. The molecule has 50 nitrogen and oxygen atoms in total. The average molecular weight is 2330 g/mol. The zero-order chi connectivity index (χ0) is 88.0. The second-order valence-corrected chi connectivity index (χ2v) is 62.9. The molecule has 0 aromatic heterocycles. The summed E-state index contributed by atoms with van der Waals surface area (Å²) in [7, 11) is -25.2. The summed E-state index contributed by atoms with van der Waals surface area (Å²) in [6.07, 6.45) is -25.6. The van der Waals surface area contributed by atoms with Crippen LogP contribution in [0.3, 0.4) is 0 Å². The van der Waals surface area contributed by atoms with E-state index in [2.05, 4.69) is 4.52 Å². The predicted molar refractivity (Wildman–Crippen MR) is 468 cm³/mol. The molecular weight excluding hydrogens is 2260 g/mol. The molecule has 30 unspecified atom stereocenters. The van der Waals surface area contributed by atoms with Crippen molar-refractivity contribution < 1.29 is 235 Å². The Balaban J connectivity index is 0.625. The van der Waals surface area contributed by atoms with Gasteiger partial charge in [-0.2, -0.15) is 0 Å². The molecule has 0 spiro atoms. The minimum atomic E-state index is -5.33. The molecule has 0 radical (unpaired) electrons. The van der Waals surface area contributed by atoms with Crippen LogP contribution in [0.1, 0.15) is 0 Å². The first-order valence-corrected chi connectivity index (χ1v) is 73.3. The van der Waals surface area contributed by atoms with Crippen molar-refractivity contribution in [3.8, 4) is 0 Å². The lowest BCUT2D eigenvalue weighted by molar-refractivity contribution is -0.294. The minimum Gasteiger partial charge on any atom is -0.378 e. The molecule has 10 rings (SSSR count). The molecule has 10 heterocycles. The summed E-state index contributed by atoms with van der Waals surface area (Å²) >= 11 is 0. The SMILES string of the molecule is COC1CSSCC1OP(=O)(O)OOC1CSSCC1OP(=O)(O)OOC1CSSCC1OP(=O)(O)OOC1CSSCC1OP(=O)(O)OOC1CSSCC1OP(=O)(O)OOC1CSSCC1OP(=O)(O)OOC1CSSCC1OP(=O)(O)OOC1CSSCC1OP(=O)(O)OOC1CSSCC1OP(=O)(O)OOC1CSSCC1OP(=O)(O)OC. The van der Waals surface area contributed by atoms with E-state index in [4.69, 9.17) is 136 Å². The number of ether oxygens (including phenoxy) is 1. The lowest BCUT2D eigenvalue weighted by atomic mass is 10.2. The number of phosphoric acid groups is 10. The largest absolute Gasteiger partial charge is 0.499 e. The van der Waals surface area contributed by atoms with Crippen LogP contribution >= 0.6 is 294 Å². The Morgan fingerprint density at radius 2 is 0.262 bits per heavy atom. The van der Waals surface area contributed by atoms with Gasteiger partial charge in [-0.3, -0.25) is 49.8 Å². The molecule has 122 heavy (non-hydrogen) atoms. The maximum absolute atomic E-state index is 13.5. The van der Waals surface area contributed by atoms with Crippen LogP contribution in [0.4, 0.5) is 0 Å². The van der Waals surface area contributed by atoms with Gasteiger partial charge >= 0.3 is 78.2 Å². The van der Waals surface area contributed by atoms with Gasteiger partial charge in [0.15, 0.2) is 0 Å². The Labute approximate surface area is 772 Å².